The lowest BCUT2D eigenvalue weighted by molar-refractivity contribution is 0.0858. The summed E-state index contributed by atoms with van der Waals surface area (Å²) in [6, 6.07) is 14.5. The van der Waals surface area contributed by atoms with Gasteiger partial charge in [0.05, 0.1) is 20.8 Å². The molecule has 0 saturated heterocycles. The van der Waals surface area contributed by atoms with Gasteiger partial charge in [0.25, 0.3) is 5.91 Å². The maximum atomic E-state index is 13.2. The summed E-state index contributed by atoms with van der Waals surface area (Å²) < 4.78 is 27.4. The predicted molar refractivity (Wildman–Crippen MR) is 95.8 cm³/mol. The number of hydrogen-bond acceptors (Lipinski definition) is 5. The van der Waals surface area contributed by atoms with Gasteiger partial charge in [-0.1, -0.05) is 30.3 Å². The van der Waals surface area contributed by atoms with Crippen LogP contribution in [0.15, 0.2) is 57.8 Å². The highest BCUT2D eigenvalue weighted by Crippen LogP contribution is 2.44. The maximum Gasteiger partial charge on any atom is 0.259 e. The van der Waals surface area contributed by atoms with Crippen LogP contribution in [-0.2, 0) is 9.84 Å². The Kier molecular flexibility index (Phi) is 2.96. The molecule has 0 saturated carbocycles. The van der Waals surface area contributed by atoms with E-state index in [1.807, 2.05) is 30.3 Å². The summed E-state index contributed by atoms with van der Waals surface area (Å²) in [5.74, 6) is -0.125. The largest absolute Gasteiger partial charge is 0.306 e. The zero-order chi connectivity index (χ0) is 17.2. The van der Waals surface area contributed by atoms with E-state index in [1.165, 1.54) is 11.3 Å². The molecular formula is C18H12N2O3S2. The molecule has 0 aliphatic carbocycles. The van der Waals surface area contributed by atoms with E-state index < -0.39 is 9.84 Å². The molecule has 0 unspecified atom stereocenters. The van der Waals surface area contributed by atoms with Crippen LogP contribution in [-0.4, -0.2) is 30.8 Å². The van der Waals surface area contributed by atoms with Crippen LogP contribution in [0.1, 0.15) is 22.3 Å². The van der Waals surface area contributed by atoms with Gasteiger partial charge in [0.15, 0.2) is 0 Å². The molecule has 2 aliphatic heterocycles. The van der Waals surface area contributed by atoms with Gasteiger partial charge in [0.1, 0.15) is 0 Å². The van der Waals surface area contributed by atoms with E-state index >= 15 is 0 Å². The van der Waals surface area contributed by atoms with E-state index in [-0.39, 0.29) is 10.2 Å². The first kappa shape index (κ1) is 14.8. The molecule has 0 N–H and O–H groups in total. The van der Waals surface area contributed by atoms with Gasteiger partial charge < -0.3 is 4.90 Å². The van der Waals surface area contributed by atoms with Crippen LogP contribution in [0.5, 0.6) is 0 Å². The lowest BCUT2D eigenvalue weighted by atomic mass is 10.1. The van der Waals surface area contributed by atoms with Crippen molar-refractivity contribution < 1.29 is 13.2 Å². The molecule has 0 radical (unpaired) electrons. The van der Waals surface area contributed by atoms with Crippen LogP contribution in [0, 0.1) is 0 Å². The average Bonchev–Trinajstić information content (AvgIpc) is 3.30. The fraction of sp³-hybridized carbons (Fsp3) is 0.111. The number of sulfone groups is 1. The van der Waals surface area contributed by atoms with E-state index in [0.29, 0.717) is 40.2 Å². The summed E-state index contributed by atoms with van der Waals surface area (Å²) in [6.45, 7) is 0.391. The zero-order valence-electron chi connectivity index (χ0n) is 13.0. The van der Waals surface area contributed by atoms with Crippen LogP contribution in [0.2, 0.25) is 0 Å². The van der Waals surface area contributed by atoms with E-state index in [0.717, 1.165) is 4.70 Å². The second kappa shape index (κ2) is 5.00. The summed E-state index contributed by atoms with van der Waals surface area (Å²) >= 11 is 1.17. The third-order valence-corrected chi connectivity index (χ3v) is 7.92. The Bertz CT molecular complexity index is 1160. The van der Waals surface area contributed by atoms with Crippen LogP contribution in [0.25, 0.3) is 15.9 Å². The van der Waals surface area contributed by atoms with Crippen LogP contribution in [0.4, 0.5) is 0 Å². The number of thiazole rings is 1. The standard InChI is InChI=1S/C18H12N2O3S2/c21-17-12-6-2-1-5-11(12)16-15(9-10-20(16)17)25(22,23)18-19-13-7-3-4-8-14(13)24-18/h1-8H,9-10H2. The summed E-state index contributed by atoms with van der Waals surface area (Å²) in [5, 5.41) is 0. The Morgan fingerprint density at radius 1 is 1.00 bits per heavy atom. The number of nitrogens with zero attached hydrogens (tertiary/aromatic N) is 2. The minimum atomic E-state index is -3.73. The molecule has 1 amide bonds. The highest BCUT2D eigenvalue weighted by molar-refractivity contribution is 7.97. The van der Waals surface area contributed by atoms with E-state index in [1.54, 1.807) is 23.1 Å². The SMILES string of the molecule is O=C1c2ccccc2C2=C(S(=O)(=O)c3nc4ccccc4s3)CCN12. The Hall–Kier alpha value is -2.51. The van der Waals surface area contributed by atoms with Crippen molar-refractivity contribution in [3.63, 3.8) is 0 Å². The van der Waals surface area contributed by atoms with Crippen molar-refractivity contribution in [3.8, 4) is 0 Å². The molecule has 2 aliphatic rings. The Labute approximate surface area is 148 Å². The van der Waals surface area contributed by atoms with Crippen LogP contribution >= 0.6 is 11.3 Å². The minimum absolute atomic E-state index is 0.0925. The molecular weight excluding hydrogens is 356 g/mol. The van der Waals surface area contributed by atoms with Gasteiger partial charge in [-0.3, -0.25) is 4.79 Å². The average molecular weight is 368 g/mol. The number of aromatic nitrogens is 1. The third-order valence-electron chi connectivity index (χ3n) is 4.58. The summed E-state index contributed by atoms with van der Waals surface area (Å²) in [4.78, 5) is 18.7. The number of fused-ring (bicyclic) bond motifs is 4. The monoisotopic (exact) mass is 368 g/mol. The first-order valence-corrected chi connectivity index (χ1v) is 10.1. The van der Waals surface area contributed by atoms with Crippen molar-refractivity contribution in [2.45, 2.75) is 10.8 Å². The summed E-state index contributed by atoms with van der Waals surface area (Å²) in [6.07, 6.45) is 0.327. The predicted octanol–water partition coefficient (Wildman–Crippen LogP) is 3.30. The van der Waals surface area contributed by atoms with Crippen molar-refractivity contribution in [1.29, 1.82) is 0 Å². The normalized spacial score (nSPS) is 16.6. The van der Waals surface area contributed by atoms with Gasteiger partial charge in [0, 0.05) is 24.1 Å². The smallest absolute Gasteiger partial charge is 0.259 e. The Morgan fingerprint density at radius 3 is 2.52 bits per heavy atom. The molecule has 0 spiro atoms. The second-order valence-electron chi connectivity index (χ2n) is 5.98. The molecule has 0 atom stereocenters. The Morgan fingerprint density at radius 2 is 1.72 bits per heavy atom. The quantitative estimate of drug-likeness (QED) is 0.696. The Balaban J connectivity index is 1.74. The van der Waals surface area contributed by atoms with E-state index in [4.69, 9.17) is 0 Å². The van der Waals surface area contributed by atoms with Gasteiger partial charge in [-0.15, -0.1) is 11.3 Å². The number of para-hydroxylation sites is 1. The van der Waals surface area contributed by atoms with Gasteiger partial charge in [0.2, 0.25) is 14.2 Å². The molecule has 5 nitrogen and oxygen atoms in total. The fourth-order valence-corrected chi connectivity index (χ4v) is 6.42. The number of rotatable bonds is 2. The molecule has 3 aromatic rings. The molecule has 5 rings (SSSR count). The highest BCUT2D eigenvalue weighted by Gasteiger charge is 2.42. The third kappa shape index (κ3) is 1.96. The zero-order valence-corrected chi connectivity index (χ0v) is 14.6. The minimum Gasteiger partial charge on any atom is -0.306 e. The number of hydrogen-bond donors (Lipinski definition) is 0. The number of amides is 1. The van der Waals surface area contributed by atoms with Crippen LogP contribution < -0.4 is 0 Å². The molecule has 3 heterocycles. The molecule has 124 valence electrons. The molecule has 25 heavy (non-hydrogen) atoms. The van der Waals surface area contributed by atoms with Gasteiger partial charge in [-0.05, 0) is 18.2 Å². The highest BCUT2D eigenvalue weighted by atomic mass is 32.2. The molecule has 0 bridgehead atoms. The topological polar surface area (TPSA) is 67.3 Å². The van der Waals surface area contributed by atoms with Gasteiger partial charge in [-0.25, -0.2) is 13.4 Å². The van der Waals surface area contributed by atoms with Crippen molar-refractivity contribution >= 4 is 43.0 Å². The lowest BCUT2D eigenvalue weighted by Gasteiger charge is -2.10. The van der Waals surface area contributed by atoms with Gasteiger partial charge in [-0.2, -0.15) is 0 Å². The molecule has 7 heteroatoms. The molecule has 2 aromatic carbocycles. The van der Waals surface area contributed by atoms with Gasteiger partial charge >= 0.3 is 0 Å². The lowest BCUT2D eigenvalue weighted by Crippen LogP contribution is -2.20. The number of carbonyl (C=O) groups is 1. The first-order chi connectivity index (χ1) is 12.1. The first-order valence-electron chi connectivity index (χ1n) is 7.82. The number of benzene rings is 2. The van der Waals surface area contributed by atoms with E-state index in [2.05, 4.69) is 4.98 Å². The maximum absolute atomic E-state index is 13.2. The second-order valence-corrected chi connectivity index (χ2v) is 9.15. The molecule has 1 aromatic heterocycles. The van der Waals surface area contributed by atoms with Crippen molar-refractivity contribution in [3.05, 3.63) is 64.6 Å². The summed E-state index contributed by atoms with van der Waals surface area (Å²) in [5.41, 5.74) is 2.47. The van der Waals surface area contributed by atoms with Crippen molar-refractivity contribution in [2.24, 2.45) is 0 Å². The number of carbonyl (C=O) groups excluding carboxylic acids is 1. The van der Waals surface area contributed by atoms with E-state index in [9.17, 15) is 13.2 Å². The van der Waals surface area contributed by atoms with Crippen molar-refractivity contribution in [2.75, 3.05) is 6.54 Å². The fourth-order valence-electron chi connectivity index (χ4n) is 3.45. The van der Waals surface area contributed by atoms with Crippen LogP contribution in [0.3, 0.4) is 0 Å². The van der Waals surface area contributed by atoms with Crippen molar-refractivity contribution in [1.82, 2.24) is 9.88 Å². The molecule has 0 fully saturated rings. The summed E-state index contributed by atoms with van der Waals surface area (Å²) in [7, 11) is -3.73.